The Balaban J connectivity index is 0.000000511. The molecule has 0 aromatic carbocycles. The monoisotopic (exact) mass is 351 g/mol. The zero-order valence-electron chi connectivity index (χ0n) is 16.5. The maximum Gasteiger partial charge on any atom is 0.402 e. The highest BCUT2D eigenvalue weighted by Gasteiger charge is 2.42. The zero-order chi connectivity index (χ0) is 18.1. The second-order valence-electron chi connectivity index (χ2n) is 9.02. The van der Waals surface area contributed by atoms with E-state index in [-0.39, 0.29) is 0 Å². The minimum Gasteiger partial charge on any atom is -0.465 e. The first-order valence-electron chi connectivity index (χ1n) is 11.1. The summed E-state index contributed by atoms with van der Waals surface area (Å²) in [5.74, 6) is 3.32. The summed E-state index contributed by atoms with van der Waals surface area (Å²) >= 11 is 0. The first kappa shape index (κ1) is 20.6. The Labute approximate surface area is 155 Å². The van der Waals surface area contributed by atoms with Crippen molar-refractivity contribution in [2.24, 2.45) is 28.9 Å². The molecule has 3 heteroatoms. The molecule has 3 rings (SSSR count). The van der Waals surface area contributed by atoms with Gasteiger partial charge in [0, 0.05) is 0 Å². The van der Waals surface area contributed by atoms with E-state index in [2.05, 4.69) is 12.7 Å². The van der Waals surface area contributed by atoms with Crippen molar-refractivity contribution in [2.75, 3.05) is 0 Å². The summed E-state index contributed by atoms with van der Waals surface area (Å²) in [5.41, 5.74) is 4.81. The summed E-state index contributed by atoms with van der Waals surface area (Å²) in [6.07, 6.45) is 23.4. The van der Waals surface area contributed by atoms with Gasteiger partial charge in [0.1, 0.15) is 0 Å². The molecule has 0 unspecified atom stereocenters. The molecule has 0 heterocycles. The predicted molar refractivity (Wildman–Crippen MR) is 105 cm³/mol. The number of primary amides is 1. The van der Waals surface area contributed by atoms with Gasteiger partial charge in [-0.25, -0.2) is 4.79 Å². The standard InChI is InChI=1S/C21H38.CH3NO2/c1-2-15-21(20-11-7-4-8-12-20)16-13-19(14-17-21)18-9-5-3-6-10-18;2-1(3)4/h18-20H,2-17H2,1H3;2H2,(H,3,4)/t19-,21+;. The maximum atomic E-state index is 8.78. The lowest BCUT2D eigenvalue weighted by atomic mass is 9.56. The highest BCUT2D eigenvalue weighted by molar-refractivity contribution is 5.61. The highest BCUT2D eigenvalue weighted by Crippen LogP contribution is 2.54. The van der Waals surface area contributed by atoms with Gasteiger partial charge in [-0.2, -0.15) is 0 Å². The third-order valence-corrected chi connectivity index (χ3v) is 7.56. The zero-order valence-corrected chi connectivity index (χ0v) is 16.5. The van der Waals surface area contributed by atoms with E-state index < -0.39 is 6.09 Å². The van der Waals surface area contributed by atoms with Crippen LogP contribution in [0.15, 0.2) is 0 Å². The molecule has 25 heavy (non-hydrogen) atoms. The van der Waals surface area contributed by atoms with E-state index in [4.69, 9.17) is 9.90 Å². The van der Waals surface area contributed by atoms with Gasteiger partial charge in [-0.15, -0.1) is 0 Å². The smallest absolute Gasteiger partial charge is 0.402 e. The van der Waals surface area contributed by atoms with E-state index in [1.807, 2.05) is 0 Å². The van der Waals surface area contributed by atoms with Crippen LogP contribution in [0, 0.1) is 23.2 Å². The van der Waals surface area contributed by atoms with Gasteiger partial charge in [0.25, 0.3) is 0 Å². The molecule has 3 fully saturated rings. The average molecular weight is 352 g/mol. The van der Waals surface area contributed by atoms with Crippen LogP contribution in [0.4, 0.5) is 4.79 Å². The van der Waals surface area contributed by atoms with Crippen molar-refractivity contribution in [1.82, 2.24) is 0 Å². The molecule has 1 amide bonds. The number of carbonyl (C=O) groups is 1. The topological polar surface area (TPSA) is 63.3 Å². The number of amides is 1. The van der Waals surface area contributed by atoms with E-state index in [9.17, 15) is 0 Å². The van der Waals surface area contributed by atoms with Gasteiger partial charge in [0.2, 0.25) is 0 Å². The number of rotatable bonds is 4. The highest BCUT2D eigenvalue weighted by atomic mass is 16.4. The molecule has 0 spiro atoms. The van der Waals surface area contributed by atoms with Crippen LogP contribution >= 0.6 is 0 Å². The summed E-state index contributed by atoms with van der Waals surface area (Å²) in [5, 5.41) is 7.19. The lowest BCUT2D eigenvalue weighted by Gasteiger charge is -2.49. The molecule has 0 aromatic heterocycles. The number of hydrogen-bond acceptors (Lipinski definition) is 1. The van der Waals surface area contributed by atoms with Crippen LogP contribution in [0.2, 0.25) is 0 Å². The van der Waals surface area contributed by atoms with Crippen LogP contribution in [0.1, 0.15) is 110 Å². The van der Waals surface area contributed by atoms with Gasteiger partial charge in [0.05, 0.1) is 0 Å². The fourth-order valence-corrected chi connectivity index (χ4v) is 6.37. The molecule has 3 aliphatic rings. The summed E-state index contributed by atoms with van der Waals surface area (Å²) in [6.45, 7) is 2.43. The quantitative estimate of drug-likeness (QED) is 0.588. The van der Waals surface area contributed by atoms with Gasteiger partial charge in [-0.1, -0.05) is 64.7 Å². The van der Waals surface area contributed by atoms with Crippen molar-refractivity contribution in [2.45, 2.75) is 110 Å². The maximum absolute atomic E-state index is 8.78. The molecule has 0 saturated heterocycles. The predicted octanol–water partition coefficient (Wildman–Crippen LogP) is 6.75. The first-order valence-corrected chi connectivity index (χ1v) is 11.1. The number of hydrogen-bond donors (Lipinski definition) is 2. The van der Waals surface area contributed by atoms with Gasteiger partial charge in [-0.3, -0.25) is 0 Å². The largest absolute Gasteiger partial charge is 0.465 e. The van der Waals surface area contributed by atoms with Crippen molar-refractivity contribution in [3.8, 4) is 0 Å². The Morgan fingerprint density at radius 3 is 1.80 bits per heavy atom. The van der Waals surface area contributed by atoms with E-state index >= 15 is 0 Å². The Hall–Kier alpha value is -0.730. The molecular formula is C22H41NO2. The lowest BCUT2D eigenvalue weighted by Crippen LogP contribution is -2.37. The lowest BCUT2D eigenvalue weighted by molar-refractivity contribution is 0.0221. The summed E-state index contributed by atoms with van der Waals surface area (Å²) in [7, 11) is 0. The average Bonchev–Trinajstić information content (AvgIpc) is 2.64. The normalized spacial score (nSPS) is 31.8. The molecule has 3 saturated carbocycles. The van der Waals surface area contributed by atoms with Crippen LogP contribution < -0.4 is 5.73 Å². The van der Waals surface area contributed by atoms with Crippen LogP contribution in [0.25, 0.3) is 0 Å². The minimum absolute atomic E-state index is 0.778. The fourth-order valence-electron chi connectivity index (χ4n) is 6.37. The Bertz CT molecular complexity index is 371. The molecule has 0 aliphatic heterocycles. The molecular weight excluding hydrogens is 310 g/mol. The van der Waals surface area contributed by atoms with Crippen LogP contribution in [-0.2, 0) is 0 Å². The summed E-state index contributed by atoms with van der Waals surface area (Å²) in [6, 6.07) is 0. The van der Waals surface area contributed by atoms with Gasteiger partial charge >= 0.3 is 6.09 Å². The summed E-state index contributed by atoms with van der Waals surface area (Å²) < 4.78 is 0. The second kappa shape index (κ2) is 10.4. The first-order chi connectivity index (χ1) is 12.1. The van der Waals surface area contributed by atoms with E-state index in [1.165, 1.54) is 51.4 Å². The molecule has 3 aliphatic carbocycles. The third kappa shape index (κ3) is 6.18. The van der Waals surface area contributed by atoms with Crippen LogP contribution in [0.5, 0.6) is 0 Å². The minimum atomic E-state index is -1.33. The molecule has 3 N–H and O–H groups in total. The van der Waals surface area contributed by atoms with Gasteiger partial charge < -0.3 is 10.8 Å². The second-order valence-corrected chi connectivity index (χ2v) is 9.02. The van der Waals surface area contributed by atoms with E-state index in [0.717, 1.165) is 23.2 Å². The van der Waals surface area contributed by atoms with Crippen molar-refractivity contribution in [3.05, 3.63) is 0 Å². The van der Waals surface area contributed by atoms with Crippen molar-refractivity contribution >= 4 is 6.09 Å². The molecule has 146 valence electrons. The molecule has 0 radical (unpaired) electrons. The van der Waals surface area contributed by atoms with E-state index in [0.29, 0.717) is 0 Å². The van der Waals surface area contributed by atoms with Gasteiger partial charge in [0.15, 0.2) is 0 Å². The van der Waals surface area contributed by atoms with Crippen molar-refractivity contribution < 1.29 is 9.90 Å². The summed E-state index contributed by atoms with van der Waals surface area (Å²) in [4.78, 5) is 8.78. The Morgan fingerprint density at radius 1 is 0.880 bits per heavy atom. The fraction of sp³-hybridized carbons (Fsp3) is 0.955. The Kier molecular flexibility index (Phi) is 8.58. The number of carboxylic acid groups (broad SMARTS) is 1. The number of nitrogens with two attached hydrogens (primary N) is 1. The van der Waals surface area contributed by atoms with E-state index in [1.54, 1.807) is 51.4 Å². The van der Waals surface area contributed by atoms with Crippen molar-refractivity contribution in [3.63, 3.8) is 0 Å². The van der Waals surface area contributed by atoms with Crippen molar-refractivity contribution in [1.29, 1.82) is 0 Å². The van der Waals surface area contributed by atoms with Crippen LogP contribution in [0.3, 0.4) is 0 Å². The molecule has 0 aromatic rings. The SMILES string of the molecule is CCC[C@]1(C2CCCCC2)CC[C@@H](C2CCCCC2)CC1.NC(=O)O. The van der Waals surface area contributed by atoms with Gasteiger partial charge in [-0.05, 0) is 68.1 Å². The molecule has 0 atom stereocenters. The van der Waals surface area contributed by atoms with Crippen LogP contribution in [-0.4, -0.2) is 11.2 Å². The molecule has 3 nitrogen and oxygen atoms in total. The Morgan fingerprint density at radius 2 is 1.32 bits per heavy atom. The third-order valence-electron chi connectivity index (χ3n) is 7.56. The molecule has 0 bridgehead atoms.